The molecule has 0 radical (unpaired) electrons. The van der Waals surface area contributed by atoms with Gasteiger partial charge < -0.3 is 0 Å². The van der Waals surface area contributed by atoms with E-state index in [1.165, 1.54) is 20.9 Å². The van der Waals surface area contributed by atoms with Crippen molar-refractivity contribution in [2.75, 3.05) is 0 Å². The summed E-state index contributed by atoms with van der Waals surface area (Å²) in [4.78, 5) is 59.7. The van der Waals surface area contributed by atoms with Crippen LogP contribution in [0.25, 0.3) is 0 Å². The van der Waals surface area contributed by atoms with Gasteiger partial charge in [0.15, 0.2) is 0 Å². The maximum Gasteiger partial charge on any atom is 0.334 e. The van der Waals surface area contributed by atoms with Gasteiger partial charge in [-0.1, -0.05) is 90.1 Å². The minimum Gasteiger partial charge on any atom is -0.281 e. The van der Waals surface area contributed by atoms with Crippen LogP contribution in [0.3, 0.4) is 0 Å². The smallest absolute Gasteiger partial charge is 0.281 e. The van der Waals surface area contributed by atoms with Gasteiger partial charge in [-0.2, -0.15) is 0 Å². The van der Waals surface area contributed by atoms with E-state index < -0.39 is 28.3 Å². The molecule has 0 N–H and O–H groups in total. The first-order valence-corrected chi connectivity index (χ1v) is 12.9. The first kappa shape index (κ1) is 31.2. The SMILES string of the molecule is CC(C)(C)c1ccc(CN2C(=O)CC(=O)N(Cc3ccc(C(C)(C)C)cc3)C2=O)cc1.O=C(Cl)CC(=O)Cl. The molecule has 1 aliphatic heterocycles. The molecule has 2 aromatic rings. The second-order valence-electron chi connectivity index (χ2n) is 11.2. The standard InChI is InChI=1S/C26H32N2O3.C3H2Cl2O2/c1-25(2,3)20-11-7-18(8-12-20)16-27-22(29)15-23(30)28(24(27)31)17-19-9-13-21(14-10-19)26(4,5)6;4-2(6)1-3(5)7/h7-14H,15-17H2,1-6H3;1H2. The highest BCUT2D eigenvalue weighted by molar-refractivity contribution is 6.72. The van der Waals surface area contributed by atoms with E-state index in [9.17, 15) is 24.0 Å². The average Bonchev–Trinajstić information content (AvgIpc) is 2.78. The van der Waals surface area contributed by atoms with E-state index >= 15 is 0 Å². The lowest BCUT2D eigenvalue weighted by molar-refractivity contribution is -0.143. The van der Waals surface area contributed by atoms with Gasteiger partial charge in [-0.15, -0.1) is 0 Å². The molecule has 0 aliphatic carbocycles. The maximum absolute atomic E-state index is 13.0. The van der Waals surface area contributed by atoms with Gasteiger partial charge in [0.1, 0.15) is 6.42 Å². The van der Waals surface area contributed by atoms with E-state index in [1.54, 1.807) is 0 Å². The van der Waals surface area contributed by atoms with Crippen LogP contribution < -0.4 is 0 Å². The second kappa shape index (κ2) is 12.7. The normalized spacial score (nSPS) is 14.3. The quantitative estimate of drug-likeness (QED) is 0.315. The average molecular weight is 562 g/mol. The summed E-state index contributed by atoms with van der Waals surface area (Å²) in [6.07, 6.45) is -0.672. The Labute approximate surface area is 234 Å². The summed E-state index contributed by atoms with van der Waals surface area (Å²) in [6, 6.07) is 15.3. The van der Waals surface area contributed by atoms with Gasteiger partial charge in [0.05, 0.1) is 19.5 Å². The lowest BCUT2D eigenvalue weighted by Gasteiger charge is -2.33. The number of rotatable bonds is 6. The molecule has 1 heterocycles. The Balaban J connectivity index is 0.000000638. The fourth-order valence-corrected chi connectivity index (χ4v) is 4.00. The number of nitrogens with zero attached hydrogens (tertiary/aromatic N) is 2. The highest BCUT2D eigenvalue weighted by Gasteiger charge is 2.37. The molecule has 0 atom stereocenters. The second-order valence-corrected chi connectivity index (χ2v) is 12.0. The van der Waals surface area contributed by atoms with Gasteiger partial charge in [-0.05, 0) is 56.3 Å². The van der Waals surface area contributed by atoms with E-state index in [-0.39, 0.29) is 36.8 Å². The number of imide groups is 2. The van der Waals surface area contributed by atoms with Crippen molar-refractivity contribution in [2.45, 2.75) is 78.3 Å². The summed E-state index contributed by atoms with van der Waals surface area (Å²) in [6.45, 7) is 13.1. The van der Waals surface area contributed by atoms with Gasteiger partial charge in [-0.25, -0.2) is 4.79 Å². The number of hydrogen-bond acceptors (Lipinski definition) is 5. The summed E-state index contributed by atoms with van der Waals surface area (Å²) in [5, 5.41) is -1.44. The van der Waals surface area contributed by atoms with Crippen LogP contribution in [0.2, 0.25) is 0 Å². The van der Waals surface area contributed by atoms with Crippen LogP contribution in [-0.4, -0.2) is 38.1 Å². The summed E-state index contributed by atoms with van der Waals surface area (Å²) in [5.41, 5.74) is 4.14. The van der Waals surface area contributed by atoms with Crippen LogP contribution in [0.1, 0.15) is 76.6 Å². The Morgan fingerprint density at radius 3 is 1.21 bits per heavy atom. The van der Waals surface area contributed by atoms with Gasteiger partial charge in [0.2, 0.25) is 22.3 Å². The predicted octanol–water partition coefficient (Wildman–Crippen LogP) is 6.07. The van der Waals surface area contributed by atoms with Crippen LogP contribution in [0.15, 0.2) is 48.5 Å². The molecule has 7 nitrogen and oxygen atoms in total. The van der Waals surface area contributed by atoms with E-state index in [4.69, 9.17) is 23.2 Å². The third kappa shape index (κ3) is 9.07. The summed E-state index contributed by atoms with van der Waals surface area (Å²) < 4.78 is 0. The number of halogens is 2. The van der Waals surface area contributed by atoms with E-state index in [1.807, 2.05) is 48.5 Å². The number of benzene rings is 2. The topological polar surface area (TPSA) is 91.8 Å². The number of carbonyl (C=O) groups excluding carboxylic acids is 5. The van der Waals surface area contributed by atoms with Gasteiger partial charge in [0, 0.05) is 0 Å². The van der Waals surface area contributed by atoms with Crippen molar-refractivity contribution in [2.24, 2.45) is 0 Å². The van der Waals surface area contributed by atoms with Crippen molar-refractivity contribution in [1.82, 2.24) is 9.80 Å². The lowest BCUT2D eigenvalue weighted by atomic mass is 9.86. The molecule has 0 aromatic heterocycles. The Hall–Kier alpha value is -3.03. The fourth-order valence-electron chi connectivity index (χ4n) is 3.69. The molecule has 0 spiro atoms. The van der Waals surface area contributed by atoms with Crippen LogP contribution in [0, 0.1) is 0 Å². The van der Waals surface area contributed by atoms with Gasteiger partial charge in [0.25, 0.3) is 0 Å². The van der Waals surface area contributed by atoms with Crippen LogP contribution in [0.4, 0.5) is 4.79 Å². The number of amides is 4. The van der Waals surface area contributed by atoms with Crippen molar-refractivity contribution < 1.29 is 24.0 Å². The number of urea groups is 1. The summed E-state index contributed by atoms with van der Waals surface area (Å²) >= 11 is 9.46. The van der Waals surface area contributed by atoms with Gasteiger partial charge in [-0.3, -0.25) is 29.0 Å². The minimum atomic E-state index is -0.722. The molecule has 38 heavy (non-hydrogen) atoms. The molecule has 204 valence electrons. The molecule has 9 heteroatoms. The molecule has 4 amide bonds. The molecule has 0 saturated carbocycles. The van der Waals surface area contributed by atoms with Crippen molar-refractivity contribution in [3.63, 3.8) is 0 Å². The molecule has 0 unspecified atom stereocenters. The molecule has 1 aliphatic rings. The Kier molecular flexibility index (Phi) is 10.4. The summed E-state index contributed by atoms with van der Waals surface area (Å²) in [5.74, 6) is -0.900. The maximum atomic E-state index is 13.0. The third-order valence-corrected chi connectivity index (χ3v) is 6.23. The van der Waals surface area contributed by atoms with Crippen LogP contribution in [0.5, 0.6) is 0 Å². The molecule has 1 saturated heterocycles. The van der Waals surface area contributed by atoms with Crippen molar-refractivity contribution in [1.29, 1.82) is 0 Å². The zero-order valence-corrected chi connectivity index (χ0v) is 24.2. The lowest BCUT2D eigenvalue weighted by Crippen LogP contribution is -2.54. The predicted molar refractivity (Wildman–Crippen MR) is 148 cm³/mol. The zero-order valence-electron chi connectivity index (χ0n) is 22.6. The van der Waals surface area contributed by atoms with Gasteiger partial charge >= 0.3 is 6.03 Å². The first-order chi connectivity index (χ1) is 17.5. The fraction of sp³-hybridized carbons (Fsp3) is 0.414. The monoisotopic (exact) mass is 560 g/mol. The largest absolute Gasteiger partial charge is 0.334 e. The Morgan fingerprint density at radius 1 is 0.658 bits per heavy atom. The molecule has 0 bridgehead atoms. The zero-order chi connectivity index (χ0) is 28.8. The molecule has 3 rings (SSSR count). The van der Waals surface area contributed by atoms with E-state index in [2.05, 4.69) is 41.5 Å². The number of barbiturate groups is 1. The van der Waals surface area contributed by atoms with Crippen molar-refractivity contribution >= 4 is 51.5 Å². The van der Waals surface area contributed by atoms with E-state index in [0.717, 1.165) is 11.1 Å². The molecular formula is C29H34Cl2N2O5. The molecule has 1 fully saturated rings. The van der Waals surface area contributed by atoms with Crippen molar-refractivity contribution in [3.8, 4) is 0 Å². The highest BCUT2D eigenvalue weighted by Crippen LogP contribution is 2.25. The van der Waals surface area contributed by atoms with E-state index in [0.29, 0.717) is 0 Å². The van der Waals surface area contributed by atoms with Crippen LogP contribution >= 0.6 is 23.2 Å². The minimum absolute atomic E-state index is 0.0288. The molecular weight excluding hydrogens is 527 g/mol. The Bertz CT molecular complexity index is 1100. The highest BCUT2D eigenvalue weighted by atomic mass is 35.5. The first-order valence-electron chi connectivity index (χ1n) is 12.2. The Morgan fingerprint density at radius 2 is 0.974 bits per heavy atom. The summed E-state index contributed by atoms with van der Waals surface area (Å²) in [7, 11) is 0. The number of hydrogen-bond donors (Lipinski definition) is 0. The third-order valence-electron chi connectivity index (χ3n) is 5.97. The molecule has 2 aromatic carbocycles. The van der Waals surface area contributed by atoms with Crippen LogP contribution in [-0.2, 0) is 43.1 Å². The van der Waals surface area contributed by atoms with Crippen molar-refractivity contribution in [3.05, 3.63) is 70.8 Å². The number of carbonyl (C=O) groups is 5.